The molecule has 1 aromatic carbocycles. The van der Waals surface area contributed by atoms with Crippen LogP contribution in [0.4, 0.5) is 4.79 Å². The third kappa shape index (κ3) is 5.97. The second-order valence-corrected chi connectivity index (χ2v) is 8.89. The van der Waals surface area contributed by atoms with Crippen molar-refractivity contribution in [1.29, 1.82) is 0 Å². The smallest absolute Gasteiger partial charge is 0.407 e. The summed E-state index contributed by atoms with van der Waals surface area (Å²) >= 11 is 6.47. The van der Waals surface area contributed by atoms with E-state index < -0.39 is 5.60 Å². The van der Waals surface area contributed by atoms with Crippen molar-refractivity contribution in [3.05, 3.63) is 35.0 Å². The molecule has 0 spiro atoms. The van der Waals surface area contributed by atoms with Gasteiger partial charge in [-0.25, -0.2) is 4.79 Å². The molecule has 7 heteroatoms. The molecule has 1 fully saturated rings. The Morgan fingerprint density at radius 3 is 2.69 bits per heavy atom. The number of hydrogen-bond acceptors (Lipinski definition) is 5. The first-order valence-electron chi connectivity index (χ1n) is 10.1. The lowest BCUT2D eigenvalue weighted by Gasteiger charge is -2.33. The second-order valence-electron chi connectivity index (χ2n) is 8.48. The number of carbonyl (C=O) groups is 1. The summed E-state index contributed by atoms with van der Waals surface area (Å²) in [6, 6.07) is 6.04. The van der Waals surface area contributed by atoms with E-state index in [2.05, 4.69) is 15.2 Å². The number of rotatable bonds is 5. The van der Waals surface area contributed by atoms with Crippen molar-refractivity contribution in [3.8, 4) is 5.75 Å². The quantitative estimate of drug-likeness (QED) is 0.776. The highest BCUT2D eigenvalue weighted by Gasteiger charge is 2.23. The van der Waals surface area contributed by atoms with Gasteiger partial charge in [0.2, 0.25) is 0 Å². The van der Waals surface area contributed by atoms with Crippen LogP contribution < -0.4 is 10.1 Å². The maximum Gasteiger partial charge on any atom is 0.407 e. The van der Waals surface area contributed by atoms with Gasteiger partial charge in [-0.1, -0.05) is 11.6 Å². The van der Waals surface area contributed by atoms with E-state index in [1.807, 2.05) is 39.0 Å². The van der Waals surface area contributed by atoms with Crippen LogP contribution in [-0.2, 0) is 11.2 Å². The minimum Gasteiger partial charge on any atom is -0.497 e. The zero-order valence-electron chi connectivity index (χ0n) is 17.6. The summed E-state index contributed by atoms with van der Waals surface area (Å²) < 4.78 is 10.7. The van der Waals surface area contributed by atoms with Crippen LogP contribution in [0.2, 0.25) is 5.02 Å². The molecule has 0 aliphatic carbocycles. The Kier molecular flexibility index (Phi) is 6.85. The highest BCUT2D eigenvalue weighted by molar-refractivity contribution is 6.32. The van der Waals surface area contributed by atoms with Crippen LogP contribution in [0, 0.1) is 0 Å². The average molecular weight is 420 g/mol. The number of hydrogen-bond donors (Lipinski definition) is 1. The fourth-order valence-corrected chi connectivity index (χ4v) is 3.87. The third-order valence-electron chi connectivity index (χ3n) is 5.12. The van der Waals surface area contributed by atoms with Gasteiger partial charge >= 0.3 is 6.09 Å². The molecule has 0 atom stereocenters. The van der Waals surface area contributed by atoms with Crippen LogP contribution in [-0.4, -0.2) is 54.4 Å². The van der Waals surface area contributed by atoms with Crippen LogP contribution in [0.1, 0.15) is 39.2 Å². The number of benzene rings is 1. The molecule has 1 N–H and O–H groups in total. The predicted octanol–water partition coefficient (Wildman–Crippen LogP) is 4.43. The lowest BCUT2D eigenvalue weighted by Crippen LogP contribution is -2.46. The summed E-state index contributed by atoms with van der Waals surface area (Å²) in [6.45, 7) is 8.40. The molecule has 2 heterocycles. The van der Waals surface area contributed by atoms with Gasteiger partial charge < -0.3 is 19.7 Å². The number of amides is 1. The van der Waals surface area contributed by atoms with E-state index in [1.54, 1.807) is 13.3 Å². The van der Waals surface area contributed by atoms with Gasteiger partial charge in [-0.05, 0) is 63.8 Å². The van der Waals surface area contributed by atoms with Crippen LogP contribution in [0.5, 0.6) is 5.75 Å². The van der Waals surface area contributed by atoms with Gasteiger partial charge in [-0.15, -0.1) is 0 Å². The molecule has 1 aromatic heterocycles. The second kappa shape index (κ2) is 9.18. The molecule has 2 aromatic rings. The number of fused-ring (bicyclic) bond motifs is 1. The molecule has 0 saturated carbocycles. The topological polar surface area (TPSA) is 63.7 Å². The number of likely N-dealkylation sites (tertiary alicyclic amines) is 1. The standard InChI is InChI=1S/C22H30ClN3O3/c1-22(2,3)29-21(27)25-15-7-10-26(11-8-15)12-9-17-18-13-16(28-4)5-6-20(18)24-14-19(17)23/h5-6,13-15H,7-12H2,1-4H3,(H,25,27). The lowest BCUT2D eigenvalue weighted by atomic mass is 10.0. The predicted molar refractivity (Wildman–Crippen MR) is 116 cm³/mol. The maximum absolute atomic E-state index is 12.0. The monoisotopic (exact) mass is 419 g/mol. The third-order valence-corrected chi connectivity index (χ3v) is 5.45. The van der Waals surface area contributed by atoms with Gasteiger partial charge in [-0.2, -0.15) is 0 Å². The Labute approximate surface area is 177 Å². The van der Waals surface area contributed by atoms with Crippen LogP contribution in [0.3, 0.4) is 0 Å². The van der Waals surface area contributed by atoms with Gasteiger partial charge in [-0.3, -0.25) is 4.98 Å². The van der Waals surface area contributed by atoms with Gasteiger partial charge in [0.25, 0.3) is 0 Å². The molecule has 3 rings (SSSR count). The van der Waals surface area contributed by atoms with Gasteiger partial charge in [0.15, 0.2) is 0 Å². The fourth-order valence-electron chi connectivity index (χ4n) is 3.63. The first-order valence-corrected chi connectivity index (χ1v) is 10.5. The van der Waals surface area contributed by atoms with E-state index in [9.17, 15) is 4.79 Å². The summed E-state index contributed by atoms with van der Waals surface area (Å²) in [5.41, 5.74) is 1.55. The van der Waals surface area contributed by atoms with Crippen LogP contribution >= 0.6 is 11.6 Å². The van der Waals surface area contributed by atoms with Crippen molar-refractivity contribution in [2.24, 2.45) is 0 Å². The number of methoxy groups -OCH3 is 1. The van der Waals surface area contributed by atoms with Crippen molar-refractivity contribution in [2.75, 3.05) is 26.7 Å². The SMILES string of the molecule is COc1ccc2ncc(Cl)c(CCN3CCC(NC(=O)OC(C)(C)C)CC3)c2c1. The number of halogens is 1. The number of pyridine rings is 1. The van der Waals surface area contributed by atoms with Crippen molar-refractivity contribution in [1.82, 2.24) is 15.2 Å². The normalized spacial score (nSPS) is 16.0. The highest BCUT2D eigenvalue weighted by Crippen LogP contribution is 2.28. The Bertz CT molecular complexity index is 858. The molecule has 1 amide bonds. The fraction of sp³-hybridized carbons (Fsp3) is 0.545. The minimum atomic E-state index is -0.472. The molecule has 0 unspecified atom stereocenters. The molecule has 1 saturated heterocycles. The van der Waals surface area contributed by atoms with Crippen molar-refractivity contribution < 1.29 is 14.3 Å². The number of piperidine rings is 1. The molecule has 0 radical (unpaired) electrons. The molecule has 158 valence electrons. The molecule has 6 nitrogen and oxygen atoms in total. The first kappa shape index (κ1) is 21.7. The van der Waals surface area contributed by atoms with Gasteiger partial charge in [0.05, 0.1) is 17.6 Å². The molecule has 29 heavy (non-hydrogen) atoms. The highest BCUT2D eigenvalue weighted by atomic mass is 35.5. The van der Waals surface area contributed by atoms with E-state index in [0.29, 0.717) is 5.02 Å². The van der Waals surface area contributed by atoms with Crippen molar-refractivity contribution >= 4 is 28.6 Å². The molecule has 1 aliphatic rings. The molecular formula is C22H30ClN3O3. The number of carbonyl (C=O) groups excluding carboxylic acids is 1. The number of alkyl carbamates (subject to hydrolysis) is 1. The Morgan fingerprint density at radius 1 is 1.31 bits per heavy atom. The first-order chi connectivity index (χ1) is 13.7. The van der Waals surface area contributed by atoms with Crippen molar-refractivity contribution in [2.45, 2.75) is 51.7 Å². The average Bonchev–Trinajstić information content (AvgIpc) is 2.66. The molecular weight excluding hydrogens is 390 g/mol. The lowest BCUT2D eigenvalue weighted by molar-refractivity contribution is 0.0479. The number of ether oxygens (including phenoxy) is 2. The van der Waals surface area contributed by atoms with E-state index in [4.69, 9.17) is 21.1 Å². The summed E-state index contributed by atoms with van der Waals surface area (Å²) in [5, 5.41) is 4.71. The summed E-state index contributed by atoms with van der Waals surface area (Å²) in [5.74, 6) is 0.803. The minimum absolute atomic E-state index is 0.163. The van der Waals surface area contributed by atoms with E-state index >= 15 is 0 Å². The zero-order valence-corrected chi connectivity index (χ0v) is 18.4. The number of nitrogens with zero attached hydrogens (tertiary/aromatic N) is 2. The molecule has 0 bridgehead atoms. The van der Waals surface area contributed by atoms with Crippen LogP contribution in [0.25, 0.3) is 10.9 Å². The Morgan fingerprint density at radius 2 is 2.03 bits per heavy atom. The summed E-state index contributed by atoms with van der Waals surface area (Å²) in [6.07, 6.45) is 4.06. The largest absolute Gasteiger partial charge is 0.497 e. The van der Waals surface area contributed by atoms with E-state index in [-0.39, 0.29) is 12.1 Å². The van der Waals surface area contributed by atoms with Gasteiger partial charge in [0.1, 0.15) is 11.4 Å². The summed E-state index contributed by atoms with van der Waals surface area (Å²) in [7, 11) is 1.66. The number of aromatic nitrogens is 1. The maximum atomic E-state index is 12.0. The van der Waals surface area contributed by atoms with Crippen LogP contribution in [0.15, 0.2) is 24.4 Å². The molecule has 1 aliphatic heterocycles. The van der Waals surface area contributed by atoms with E-state index in [1.165, 1.54) is 0 Å². The Hall–Kier alpha value is -2.05. The zero-order chi connectivity index (χ0) is 21.0. The number of nitrogens with one attached hydrogen (secondary N) is 1. The summed E-state index contributed by atoms with van der Waals surface area (Å²) in [4.78, 5) is 18.8. The van der Waals surface area contributed by atoms with Crippen molar-refractivity contribution in [3.63, 3.8) is 0 Å². The van der Waals surface area contributed by atoms with Gasteiger partial charge in [0, 0.05) is 37.3 Å². The Balaban J connectivity index is 1.56. The van der Waals surface area contributed by atoms with E-state index in [0.717, 1.165) is 61.1 Å².